The lowest BCUT2D eigenvalue weighted by Gasteiger charge is -1.96. The van der Waals surface area contributed by atoms with Crippen LogP contribution < -0.4 is 0 Å². The van der Waals surface area contributed by atoms with E-state index < -0.39 is 0 Å². The van der Waals surface area contributed by atoms with Gasteiger partial charge in [0.25, 0.3) is 0 Å². The highest BCUT2D eigenvalue weighted by molar-refractivity contribution is 9.10. The molecule has 0 aliphatic rings. The molecule has 0 saturated carbocycles. The molecule has 0 spiro atoms. The second-order valence-electron chi connectivity index (χ2n) is 3.59. The minimum absolute atomic E-state index is 0.417. The van der Waals surface area contributed by atoms with Crippen LogP contribution in [-0.2, 0) is 0 Å². The summed E-state index contributed by atoms with van der Waals surface area (Å²) < 4.78 is 1.01. The van der Waals surface area contributed by atoms with Gasteiger partial charge in [0.05, 0.1) is 5.52 Å². The van der Waals surface area contributed by atoms with E-state index in [1.54, 1.807) is 6.20 Å². The first kappa shape index (κ1) is 10.7. The van der Waals surface area contributed by atoms with Crippen molar-refractivity contribution in [1.82, 2.24) is 15.0 Å². The topological polar surface area (TPSA) is 41.6 Å². The number of halogens is 2. The van der Waals surface area contributed by atoms with Crippen LogP contribution in [0.3, 0.4) is 0 Å². The maximum Gasteiger partial charge on any atom is 0.156 e. The van der Waals surface area contributed by atoms with Gasteiger partial charge in [-0.1, -0.05) is 39.7 Å². The van der Waals surface area contributed by atoms with Gasteiger partial charge in [0.15, 0.2) is 5.15 Å². The van der Waals surface area contributed by atoms with Crippen molar-refractivity contribution >= 4 is 38.6 Å². The number of benzene rings is 1. The standard InChI is InChI=1S/C12H7BrClN3/c13-8-3-1-2-7(6-8)12-16-9-4-5-15-11(14)10(9)17-12/h1-6H,(H,16,17). The van der Waals surface area contributed by atoms with E-state index in [1.165, 1.54) is 0 Å². The van der Waals surface area contributed by atoms with E-state index in [9.17, 15) is 0 Å². The molecule has 0 bridgehead atoms. The highest BCUT2D eigenvalue weighted by Crippen LogP contribution is 2.25. The average Bonchev–Trinajstić information content (AvgIpc) is 2.74. The zero-order valence-corrected chi connectivity index (χ0v) is 11.0. The van der Waals surface area contributed by atoms with Crippen molar-refractivity contribution < 1.29 is 0 Å². The van der Waals surface area contributed by atoms with E-state index in [0.717, 1.165) is 21.4 Å². The smallest absolute Gasteiger partial charge is 0.156 e. The third-order valence-electron chi connectivity index (χ3n) is 2.45. The fourth-order valence-electron chi connectivity index (χ4n) is 1.68. The summed E-state index contributed by atoms with van der Waals surface area (Å²) in [5.74, 6) is 0.788. The summed E-state index contributed by atoms with van der Waals surface area (Å²) in [6.07, 6.45) is 1.66. The van der Waals surface area contributed by atoms with Crippen LogP contribution in [0.2, 0.25) is 5.15 Å². The summed E-state index contributed by atoms with van der Waals surface area (Å²) in [6.45, 7) is 0. The molecule has 1 aromatic carbocycles. The van der Waals surface area contributed by atoms with Crippen molar-refractivity contribution in [3.05, 3.63) is 46.2 Å². The lowest BCUT2D eigenvalue weighted by molar-refractivity contribution is 1.32. The predicted molar refractivity (Wildman–Crippen MR) is 72.0 cm³/mol. The van der Waals surface area contributed by atoms with Gasteiger partial charge in [-0.05, 0) is 18.2 Å². The Morgan fingerprint density at radius 2 is 2.12 bits per heavy atom. The third kappa shape index (κ3) is 1.94. The van der Waals surface area contributed by atoms with Gasteiger partial charge in [-0.2, -0.15) is 0 Å². The first-order chi connectivity index (χ1) is 8.24. The Morgan fingerprint density at radius 3 is 2.88 bits per heavy atom. The number of fused-ring (bicyclic) bond motifs is 1. The summed E-state index contributed by atoms with van der Waals surface area (Å²) in [5, 5.41) is 0.417. The van der Waals surface area contributed by atoms with E-state index >= 15 is 0 Å². The van der Waals surface area contributed by atoms with E-state index in [-0.39, 0.29) is 0 Å². The molecule has 0 atom stereocenters. The van der Waals surface area contributed by atoms with Crippen LogP contribution >= 0.6 is 27.5 Å². The van der Waals surface area contributed by atoms with Gasteiger partial charge in [-0.3, -0.25) is 0 Å². The number of H-pyrrole nitrogens is 1. The van der Waals surface area contributed by atoms with Gasteiger partial charge in [0.1, 0.15) is 11.3 Å². The molecule has 0 saturated heterocycles. The fourth-order valence-corrected chi connectivity index (χ4v) is 2.28. The Hall–Kier alpha value is -1.39. The quantitative estimate of drug-likeness (QED) is 0.689. The monoisotopic (exact) mass is 307 g/mol. The van der Waals surface area contributed by atoms with Crippen LogP contribution in [0.1, 0.15) is 0 Å². The molecule has 0 unspecified atom stereocenters. The van der Waals surface area contributed by atoms with Crippen LogP contribution in [-0.4, -0.2) is 15.0 Å². The van der Waals surface area contributed by atoms with Gasteiger partial charge < -0.3 is 4.98 Å². The van der Waals surface area contributed by atoms with Crippen LogP contribution in [0.5, 0.6) is 0 Å². The van der Waals surface area contributed by atoms with Crippen LogP contribution in [0.15, 0.2) is 41.0 Å². The lowest BCUT2D eigenvalue weighted by Crippen LogP contribution is -1.79. The molecule has 5 heteroatoms. The van der Waals surface area contributed by atoms with E-state index in [2.05, 4.69) is 30.9 Å². The van der Waals surface area contributed by atoms with Crippen LogP contribution in [0, 0.1) is 0 Å². The number of nitrogens with one attached hydrogen (secondary N) is 1. The van der Waals surface area contributed by atoms with E-state index in [1.807, 2.05) is 30.3 Å². The third-order valence-corrected chi connectivity index (χ3v) is 3.22. The second kappa shape index (κ2) is 4.13. The average molecular weight is 309 g/mol. The first-order valence-electron chi connectivity index (χ1n) is 5.00. The molecule has 3 nitrogen and oxygen atoms in total. The molecule has 84 valence electrons. The Balaban J connectivity index is 2.22. The molecule has 17 heavy (non-hydrogen) atoms. The molecular weight excluding hydrogens is 302 g/mol. The number of nitrogens with zero attached hydrogens (tertiary/aromatic N) is 2. The molecule has 1 N–H and O–H groups in total. The summed E-state index contributed by atoms with van der Waals surface area (Å²) in [7, 11) is 0. The number of pyridine rings is 1. The van der Waals surface area contributed by atoms with Gasteiger partial charge in [-0.25, -0.2) is 9.97 Å². The number of rotatable bonds is 1. The van der Waals surface area contributed by atoms with Crippen molar-refractivity contribution in [2.24, 2.45) is 0 Å². The number of hydrogen-bond donors (Lipinski definition) is 1. The largest absolute Gasteiger partial charge is 0.338 e. The Labute approximate surface area is 111 Å². The molecule has 0 radical (unpaired) electrons. The molecule has 3 aromatic rings. The first-order valence-corrected chi connectivity index (χ1v) is 6.17. The number of aromatic nitrogens is 3. The SMILES string of the molecule is Clc1nccc2[nH]c(-c3cccc(Br)c3)nc12. The van der Waals surface area contributed by atoms with E-state index in [4.69, 9.17) is 11.6 Å². The maximum atomic E-state index is 5.99. The zero-order valence-electron chi connectivity index (χ0n) is 8.61. The minimum atomic E-state index is 0.417. The van der Waals surface area contributed by atoms with Crippen molar-refractivity contribution in [2.75, 3.05) is 0 Å². The molecule has 0 aliphatic heterocycles. The molecule has 0 amide bonds. The van der Waals surface area contributed by atoms with Crippen molar-refractivity contribution in [2.45, 2.75) is 0 Å². The van der Waals surface area contributed by atoms with Crippen LogP contribution in [0.25, 0.3) is 22.4 Å². The number of imidazole rings is 1. The van der Waals surface area contributed by atoms with E-state index in [0.29, 0.717) is 10.7 Å². The molecule has 2 heterocycles. The maximum absolute atomic E-state index is 5.99. The summed E-state index contributed by atoms with van der Waals surface area (Å²) in [4.78, 5) is 11.7. The Kier molecular flexibility index (Phi) is 2.61. The fraction of sp³-hybridized carbons (Fsp3) is 0. The molecular formula is C12H7BrClN3. The minimum Gasteiger partial charge on any atom is -0.338 e. The highest BCUT2D eigenvalue weighted by Gasteiger charge is 2.08. The van der Waals surface area contributed by atoms with Crippen molar-refractivity contribution in [3.8, 4) is 11.4 Å². The summed E-state index contributed by atoms with van der Waals surface area (Å²) in [5.41, 5.74) is 2.59. The predicted octanol–water partition coefficient (Wildman–Crippen LogP) is 4.04. The number of aromatic amines is 1. The second-order valence-corrected chi connectivity index (χ2v) is 4.87. The lowest BCUT2D eigenvalue weighted by atomic mass is 10.2. The van der Waals surface area contributed by atoms with Crippen LogP contribution in [0.4, 0.5) is 0 Å². The Bertz CT molecular complexity index is 693. The molecule has 3 rings (SSSR count). The van der Waals surface area contributed by atoms with Gasteiger partial charge in [0, 0.05) is 16.2 Å². The zero-order chi connectivity index (χ0) is 11.8. The van der Waals surface area contributed by atoms with Gasteiger partial charge in [0.2, 0.25) is 0 Å². The Morgan fingerprint density at radius 1 is 1.24 bits per heavy atom. The summed E-state index contributed by atoms with van der Waals surface area (Å²) >= 11 is 9.42. The number of hydrogen-bond acceptors (Lipinski definition) is 2. The van der Waals surface area contributed by atoms with Gasteiger partial charge >= 0.3 is 0 Å². The molecule has 0 fully saturated rings. The normalized spacial score (nSPS) is 10.9. The highest BCUT2D eigenvalue weighted by atomic mass is 79.9. The molecule has 0 aliphatic carbocycles. The molecule has 2 aromatic heterocycles. The van der Waals surface area contributed by atoms with Crippen molar-refractivity contribution in [1.29, 1.82) is 0 Å². The summed E-state index contributed by atoms with van der Waals surface area (Å²) in [6, 6.07) is 9.78. The van der Waals surface area contributed by atoms with Gasteiger partial charge in [-0.15, -0.1) is 0 Å². The van der Waals surface area contributed by atoms with Crippen molar-refractivity contribution in [3.63, 3.8) is 0 Å².